The highest BCUT2D eigenvalue weighted by Crippen LogP contribution is 2.31. The number of hydrogen-bond donors (Lipinski definition) is 0. The van der Waals surface area contributed by atoms with Crippen molar-refractivity contribution < 1.29 is 22.4 Å². The fraction of sp³-hybridized carbons (Fsp3) is 0.154. The molecule has 0 unspecified atom stereocenters. The van der Waals surface area contributed by atoms with E-state index in [4.69, 9.17) is 4.42 Å². The van der Waals surface area contributed by atoms with Crippen LogP contribution in [0.25, 0.3) is 11.3 Å². The number of alkyl halides is 3. The Bertz CT molecular complexity index is 538. The van der Waals surface area contributed by atoms with Gasteiger partial charge in [0.2, 0.25) is 0 Å². The summed E-state index contributed by atoms with van der Waals surface area (Å²) in [5, 5.41) is 0. The molecule has 1 aromatic heterocycles. The van der Waals surface area contributed by atoms with Crippen LogP contribution in [-0.2, 0) is 17.4 Å². The molecule has 94 valence electrons. The van der Waals surface area contributed by atoms with E-state index in [2.05, 4.69) is 0 Å². The van der Waals surface area contributed by atoms with Gasteiger partial charge in [-0.05, 0) is 24.3 Å². The molecule has 0 aliphatic rings. The normalized spacial score (nSPS) is 11.5. The molecule has 0 bridgehead atoms. The van der Waals surface area contributed by atoms with Gasteiger partial charge in [0.05, 0.1) is 12.0 Å². The minimum Gasteiger partial charge on any atom is -0.461 e. The standard InChI is InChI=1S/C13H9F3O2/c14-13(15,16)10-3-1-9(2-4-10)12-6-5-11(18-12)7-8-17/h1-6,8H,7H2. The number of halogens is 3. The van der Waals surface area contributed by atoms with E-state index in [1.807, 2.05) is 0 Å². The van der Waals surface area contributed by atoms with E-state index in [0.29, 0.717) is 23.4 Å². The lowest BCUT2D eigenvalue weighted by atomic mass is 10.1. The van der Waals surface area contributed by atoms with Gasteiger partial charge < -0.3 is 9.21 Å². The van der Waals surface area contributed by atoms with Crippen molar-refractivity contribution in [3.8, 4) is 11.3 Å². The molecule has 0 saturated carbocycles. The number of carbonyl (C=O) groups is 1. The smallest absolute Gasteiger partial charge is 0.416 e. The zero-order chi connectivity index (χ0) is 13.2. The monoisotopic (exact) mass is 254 g/mol. The molecule has 1 heterocycles. The van der Waals surface area contributed by atoms with E-state index in [0.717, 1.165) is 12.1 Å². The average Bonchev–Trinajstić information content (AvgIpc) is 2.77. The quantitative estimate of drug-likeness (QED) is 0.781. The lowest BCUT2D eigenvalue weighted by Crippen LogP contribution is -2.03. The largest absolute Gasteiger partial charge is 0.461 e. The van der Waals surface area contributed by atoms with Gasteiger partial charge >= 0.3 is 6.18 Å². The Morgan fingerprint density at radius 1 is 1.06 bits per heavy atom. The van der Waals surface area contributed by atoms with Crippen molar-refractivity contribution >= 4 is 6.29 Å². The Labute approximate surface area is 101 Å². The Hall–Kier alpha value is -2.04. The summed E-state index contributed by atoms with van der Waals surface area (Å²) >= 11 is 0. The molecular formula is C13H9F3O2. The third-order valence-corrected chi connectivity index (χ3v) is 2.44. The van der Waals surface area contributed by atoms with Gasteiger partial charge in [0.25, 0.3) is 0 Å². The van der Waals surface area contributed by atoms with Crippen LogP contribution >= 0.6 is 0 Å². The van der Waals surface area contributed by atoms with Gasteiger partial charge in [0.1, 0.15) is 17.8 Å². The highest BCUT2D eigenvalue weighted by molar-refractivity contribution is 5.60. The number of hydrogen-bond acceptors (Lipinski definition) is 2. The molecule has 0 atom stereocenters. The van der Waals surface area contributed by atoms with E-state index < -0.39 is 11.7 Å². The van der Waals surface area contributed by atoms with Crippen LogP contribution in [0.5, 0.6) is 0 Å². The van der Waals surface area contributed by atoms with Gasteiger partial charge in [0.15, 0.2) is 0 Å². The second kappa shape index (κ2) is 4.68. The first-order chi connectivity index (χ1) is 8.50. The zero-order valence-corrected chi connectivity index (χ0v) is 9.20. The van der Waals surface area contributed by atoms with E-state index in [1.54, 1.807) is 12.1 Å². The van der Waals surface area contributed by atoms with Crippen LogP contribution in [0.15, 0.2) is 40.8 Å². The summed E-state index contributed by atoms with van der Waals surface area (Å²) in [4.78, 5) is 10.3. The van der Waals surface area contributed by atoms with Gasteiger partial charge in [0, 0.05) is 5.56 Å². The van der Waals surface area contributed by atoms with Crippen LogP contribution in [0, 0.1) is 0 Å². The Morgan fingerprint density at radius 3 is 2.28 bits per heavy atom. The Morgan fingerprint density at radius 2 is 1.72 bits per heavy atom. The minimum atomic E-state index is -4.34. The number of rotatable bonds is 3. The number of aldehydes is 1. The topological polar surface area (TPSA) is 30.2 Å². The van der Waals surface area contributed by atoms with Crippen LogP contribution in [0.4, 0.5) is 13.2 Å². The number of carbonyl (C=O) groups excluding carboxylic acids is 1. The summed E-state index contributed by atoms with van der Waals surface area (Å²) in [5.41, 5.74) is -0.161. The maximum absolute atomic E-state index is 12.4. The molecule has 18 heavy (non-hydrogen) atoms. The van der Waals surface area contributed by atoms with Gasteiger partial charge in [-0.1, -0.05) is 12.1 Å². The third-order valence-electron chi connectivity index (χ3n) is 2.44. The highest BCUT2D eigenvalue weighted by atomic mass is 19.4. The predicted octanol–water partition coefficient (Wildman–Crippen LogP) is 3.71. The van der Waals surface area contributed by atoms with E-state index >= 15 is 0 Å². The summed E-state index contributed by atoms with van der Waals surface area (Å²) in [6.45, 7) is 0. The second-order valence-corrected chi connectivity index (χ2v) is 3.71. The molecule has 0 N–H and O–H groups in total. The van der Waals surface area contributed by atoms with Crippen molar-refractivity contribution in [2.75, 3.05) is 0 Å². The summed E-state index contributed by atoms with van der Waals surface area (Å²) in [7, 11) is 0. The summed E-state index contributed by atoms with van der Waals surface area (Å²) < 4.78 is 42.4. The van der Waals surface area contributed by atoms with Gasteiger partial charge in [-0.3, -0.25) is 0 Å². The Balaban J connectivity index is 2.25. The molecule has 5 heteroatoms. The van der Waals surface area contributed by atoms with Crippen LogP contribution in [0.2, 0.25) is 0 Å². The first-order valence-electron chi connectivity index (χ1n) is 5.20. The number of benzene rings is 1. The van der Waals surface area contributed by atoms with Crippen molar-refractivity contribution in [3.05, 3.63) is 47.7 Å². The molecule has 2 aromatic rings. The second-order valence-electron chi connectivity index (χ2n) is 3.71. The molecule has 0 aliphatic heterocycles. The first-order valence-corrected chi connectivity index (χ1v) is 5.20. The van der Waals surface area contributed by atoms with Crippen molar-refractivity contribution in [1.29, 1.82) is 0 Å². The van der Waals surface area contributed by atoms with Gasteiger partial charge in [-0.25, -0.2) is 0 Å². The summed E-state index contributed by atoms with van der Waals surface area (Å²) in [5.74, 6) is 0.931. The Kier molecular flexibility index (Phi) is 3.23. The van der Waals surface area contributed by atoms with Crippen LogP contribution in [-0.4, -0.2) is 6.29 Å². The molecule has 0 saturated heterocycles. The van der Waals surface area contributed by atoms with Crippen LogP contribution < -0.4 is 0 Å². The molecule has 1 aromatic carbocycles. The number of furan rings is 1. The maximum Gasteiger partial charge on any atom is 0.416 e. The molecule has 0 spiro atoms. The molecule has 0 aliphatic carbocycles. The molecule has 0 fully saturated rings. The van der Waals surface area contributed by atoms with Crippen LogP contribution in [0.3, 0.4) is 0 Å². The molecule has 2 rings (SSSR count). The maximum atomic E-state index is 12.4. The molecular weight excluding hydrogens is 245 g/mol. The van der Waals surface area contributed by atoms with E-state index in [9.17, 15) is 18.0 Å². The fourth-order valence-corrected chi connectivity index (χ4v) is 1.55. The predicted molar refractivity (Wildman–Crippen MR) is 58.9 cm³/mol. The average molecular weight is 254 g/mol. The van der Waals surface area contributed by atoms with Crippen LogP contribution in [0.1, 0.15) is 11.3 Å². The lowest BCUT2D eigenvalue weighted by molar-refractivity contribution is -0.137. The van der Waals surface area contributed by atoms with Crippen molar-refractivity contribution in [2.45, 2.75) is 12.6 Å². The molecule has 0 radical (unpaired) electrons. The van der Waals surface area contributed by atoms with E-state index in [-0.39, 0.29) is 6.42 Å². The third kappa shape index (κ3) is 2.61. The van der Waals surface area contributed by atoms with Crippen molar-refractivity contribution in [2.24, 2.45) is 0 Å². The molecule has 0 amide bonds. The van der Waals surface area contributed by atoms with Crippen molar-refractivity contribution in [3.63, 3.8) is 0 Å². The lowest BCUT2D eigenvalue weighted by Gasteiger charge is -2.06. The van der Waals surface area contributed by atoms with Gasteiger partial charge in [-0.15, -0.1) is 0 Å². The summed E-state index contributed by atoms with van der Waals surface area (Å²) in [6, 6.07) is 7.93. The zero-order valence-electron chi connectivity index (χ0n) is 9.20. The summed E-state index contributed by atoms with van der Waals surface area (Å²) in [6.07, 6.45) is -3.49. The first kappa shape index (κ1) is 12.4. The van der Waals surface area contributed by atoms with E-state index in [1.165, 1.54) is 12.1 Å². The highest BCUT2D eigenvalue weighted by Gasteiger charge is 2.30. The fourth-order valence-electron chi connectivity index (χ4n) is 1.55. The van der Waals surface area contributed by atoms with Gasteiger partial charge in [-0.2, -0.15) is 13.2 Å². The minimum absolute atomic E-state index is 0.153. The van der Waals surface area contributed by atoms with Crippen molar-refractivity contribution in [1.82, 2.24) is 0 Å². The molecule has 2 nitrogen and oxygen atoms in total. The SMILES string of the molecule is O=CCc1ccc(-c2ccc(C(F)(F)F)cc2)o1.